The van der Waals surface area contributed by atoms with Crippen LogP contribution in [0.4, 0.5) is 0 Å². The maximum Gasteiger partial charge on any atom is 0.104 e. The van der Waals surface area contributed by atoms with E-state index in [0.29, 0.717) is 79.3 Å². The Balaban J connectivity index is 2.02. The van der Waals surface area contributed by atoms with Crippen molar-refractivity contribution in [1.29, 1.82) is 0 Å². The molecule has 7 heteroatoms. The first-order valence-corrected chi connectivity index (χ1v) is 11.0. The summed E-state index contributed by atoms with van der Waals surface area (Å²) in [5.74, 6) is 0. The maximum absolute atomic E-state index is 5.81. The van der Waals surface area contributed by atoms with E-state index in [0.717, 1.165) is 13.0 Å². The third-order valence-corrected chi connectivity index (χ3v) is 4.32. The highest BCUT2D eigenvalue weighted by molar-refractivity contribution is 4.56. The van der Waals surface area contributed by atoms with Gasteiger partial charge in [0.15, 0.2) is 0 Å². The van der Waals surface area contributed by atoms with Gasteiger partial charge in [-0.3, -0.25) is 0 Å². The van der Waals surface area contributed by atoms with Gasteiger partial charge in [0.2, 0.25) is 0 Å². The van der Waals surface area contributed by atoms with Crippen LogP contribution in [-0.4, -0.2) is 92.0 Å². The van der Waals surface area contributed by atoms with Crippen molar-refractivity contribution in [3.05, 3.63) is 0 Å². The van der Waals surface area contributed by atoms with E-state index in [1.807, 2.05) is 0 Å². The van der Waals surface area contributed by atoms with Gasteiger partial charge in [0.05, 0.1) is 79.3 Å². The molecular weight excluding hydrogens is 364 g/mol. The number of rotatable bonds is 12. The summed E-state index contributed by atoms with van der Waals surface area (Å²) in [6, 6.07) is 0. The van der Waals surface area contributed by atoms with Gasteiger partial charge in [-0.1, -0.05) is 39.0 Å². The Labute approximate surface area is 171 Å². The zero-order chi connectivity index (χ0) is 20.0. The topological polar surface area (TPSA) is 64.6 Å². The molecule has 0 saturated carbocycles. The first-order valence-electron chi connectivity index (χ1n) is 11.0. The Hall–Kier alpha value is -0.280. The smallest absolute Gasteiger partial charge is 0.104 e. The fourth-order valence-corrected chi connectivity index (χ4v) is 2.71. The largest absolute Gasteiger partial charge is 0.379 e. The number of ether oxygens (including phenoxy) is 7. The zero-order valence-electron chi connectivity index (χ0n) is 17.9. The van der Waals surface area contributed by atoms with Crippen molar-refractivity contribution < 1.29 is 33.2 Å². The van der Waals surface area contributed by atoms with Crippen LogP contribution in [-0.2, 0) is 33.2 Å². The molecule has 0 aliphatic carbocycles. The molecule has 1 heterocycles. The van der Waals surface area contributed by atoms with E-state index in [1.54, 1.807) is 0 Å². The SMILES string of the molecule is CCCCCCCCOCCOCC1COCCOCCOCCOCCO1. The molecule has 0 aromatic heterocycles. The fraction of sp³-hybridized carbons (Fsp3) is 1.00. The molecular formula is C21H42O7. The third-order valence-electron chi connectivity index (χ3n) is 4.32. The second kappa shape index (κ2) is 21.4. The highest BCUT2D eigenvalue weighted by Crippen LogP contribution is 2.05. The molecule has 0 N–H and O–H groups in total. The second-order valence-corrected chi connectivity index (χ2v) is 6.86. The molecule has 0 aromatic carbocycles. The van der Waals surface area contributed by atoms with Crippen molar-refractivity contribution in [2.45, 2.75) is 51.6 Å². The highest BCUT2D eigenvalue weighted by atomic mass is 16.6. The Morgan fingerprint density at radius 2 is 1.18 bits per heavy atom. The molecule has 1 rings (SSSR count). The molecule has 0 radical (unpaired) electrons. The van der Waals surface area contributed by atoms with Crippen LogP contribution in [0.5, 0.6) is 0 Å². The minimum atomic E-state index is -0.108. The van der Waals surface area contributed by atoms with E-state index in [1.165, 1.54) is 32.1 Å². The van der Waals surface area contributed by atoms with Crippen LogP contribution in [0.25, 0.3) is 0 Å². The molecule has 0 amide bonds. The molecule has 28 heavy (non-hydrogen) atoms. The number of unbranched alkanes of at least 4 members (excludes halogenated alkanes) is 5. The molecule has 1 aliphatic rings. The van der Waals surface area contributed by atoms with Gasteiger partial charge in [0.25, 0.3) is 0 Å². The van der Waals surface area contributed by atoms with E-state index in [9.17, 15) is 0 Å². The van der Waals surface area contributed by atoms with Crippen molar-refractivity contribution >= 4 is 0 Å². The van der Waals surface area contributed by atoms with Crippen LogP contribution in [0.2, 0.25) is 0 Å². The van der Waals surface area contributed by atoms with Crippen molar-refractivity contribution in [1.82, 2.24) is 0 Å². The van der Waals surface area contributed by atoms with Crippen LogP contribution >= 0.6 is 0 Å². The van der Waals surface area contributed by atoms with Crippen molar-refractivity contribution in [3.63, 3.8) is 0 Å². The summed E-state index contributed by atoms with van der Waals surface area (Å²) in [4.78, 5) is 0. The molecule has 1 fully saturated rings. The number of hydrogen-bond donors (Lipinski definition) is 0. The number of hydrogen-bond acceptors (Lipinski definition) is 7. The van der Waals surface area contributed by atoms with Gasteiger partial charge in [0, 0.05) is 6.61 Å². The fourth-order valence-electron chi connectivity index (χ4n) is 2.71. The summed E-state index contributed by atoms with van der Waals surface area (Å²) in [6.07, 6.45) is 7.57. The van der Waals surface area contributed by atoms with Crippen molar-refractivity contribution in [2.75, 3.05) is 85.9 Å². The zero-order valence-corrected chi connectivity index (χ0v) is 17.9. The highest BCUT2D eigenvalue weighted by Gasteiger charge is 2.10. The van der Waals surface area contributed by atoms with E-state index in [-0.39, 0.29) is 6.10 Å². The summed E-state index contributed by atoms with van der Waals surface area (Å²) in [7, 11) is 0. The van der Waals surface area contributed by atoms with Gasteiger partial charge in [-0.15, -0.1) is 0 Å². The Bertz CT molecular complexity index is 288. The Morgan fingerprint density at radius 3 is 1.89 bits per heavy atom. The lowest BCUT2D eigenvalue weighted by Gasteiger charge is -2.18. The molecule has 0 spiro atoms. The van der Waals surface area contributed by atoms with Gasteiger partial charge in [-0.05, 0) is 6.42 Å². The van der Waals surface area contributed by atoms with Crippen molar-refractivity contribution in [2.24, 2.45) is 0 Å². The van der Waals surface area contributed by atoms with E-state index < -0.39 is 0 Å². The van der Waals surface area contributed by atoms with Gasteiger partial charge >= 0.3 is 0 Å². The average molecular weight is 407 g/mol. The molecule has 1 unspecified atom stereocenters. The van der Waals surface area contributed by atoms with Crippen LogP contribution in [0.15, 0.2) is 0 Å². The first-order chi connectivity index (χ1) is 13.9. The van der Waals surface area contributed by atoms with Crippen LogP contribution < -0.4 is 0 Å². The Morgan fingerprint density at radius 1 is 0.607 bits per heavy atom. The van der Waals surface area contributed by atoms with Crippen LogP contribution in [0.3, 0.4) is 0 Å². The standard InChI is InChI=1S/C21H42O7/c1-2-3-4-5-6-7-8-22-13-15-26-19-21-20-27-16-14-24-10-9-23-11-12-25-17-18-28-21/h21H,2-20H2,1H3. The lowest BCUT2D eigenvalue weighted by molar-refractivity contribution is -0.0824. The van der Waals surface area contributed by atoms with Gasteiger partial charge in [0.1, 0.15) is 6.10 Å². The quantitative estimate of drug-likeness (QED) is 0.462. The minimum Gasteiger partial charge on any atom is -0.379 e. The molecule has 1 saturated heterocycles. The minimum absolute atomic E-state index is 0.108. The summed E-state index contributed by atoms with van der Waals surface area (Å²) in [5.41, 5.74) is 0. The maximum atomic E-state index is 5.81. The van der Waals surface area contributed by atoms with Gasteiger partial charge in [-0.2, -0.15) is 0 Å². The lowest BCUT2D eigenvalue weighted by atomic mass is 10.1. The predicted molar refractivity (Wildman–Crippen MR) is 108 cm³/mol. The van der Waals surface area contributed by atoms with Crippen molar-refractivity contribution in [3.8, 4) is 0 Å². The first kappa shape index (κ1) is 25.8. The summed E-state index contributed by atoms with van der Waals surface area (Å²) in [5, 5.41) is 0. The van der Waals surface area contributed by atoms with Crippen LogP contribution in [0.1, 0.15) is 45.4 Å². The molecule has 7 nitrogen and oxygen atoms in total. The third kappa shape index (κ3) is 17.8. The second-order valence-electron chi connectivity index (χ2n) is 6.86. The molecule has 1 aliphatic heterocycles. The molecule has 0 bridgehead atoms. The molecule has 1 atom stereocenters. The van der Waals surface area contributed by atoms with Crippen LogP contribution in [0, 0.1) is 0 Å². The molecule has 0 aromatic rings. The Kier molecular flexibility index (Phi) is 19.7. The summed E-state index contributed by atoms with van der Waals surface area (Å²) < 4.78 is 39.1. The van der Waals surface area contributed by atoms with Gasteiger partial charge < -0.3 is 33.2 Å². The monoisotopic (exact) mass is 406 g/mol. The van der Waals surface area contributed by atoms with E-state index in [2.05, 4.69) is 6.92 Å². The van der Waals surface area contributed by atoms with Gasteiger partial charge in [-0.25, -0.2) is 0 Å². The average Bonchev–Trinajstić information content (AvgIpc) is 2.72. The normalized spacial score (nSPS) is 21.1. The molecule has 168 valence electrons. The predicted octanol–water partition coefficient (Wildman–Crippen LogP) is 2.85. The lowest BCUT2D eigenvalue weighted by Crippen LogP contribution is -2.28. The summed E-state index contributed by atoms with van der Waals surface area (Å²) >= 11 is 0. The van der Waals surface area contributed by atoms with E-state index >= 15 is 0 Å². The summed E-state index contributed by atoms with van der Waals surface area (Å²) in [6.45, 7) is 9.68. The van der Waals surface area contributed by atoms with E-state index in [4.69, 9.17) is 33.2 Å².